The van der Waals surface area contributed by atoms with E-state index in [1.54, 1.807) is 0 Å². The number of hydrogen-bond acceptors (Lipinski definition) is 4. The second kappa shape index (κ2) is 7.38. The fraction of sp³-hybridized carbons (Fsp3) is 0.643. The standard InChI is InChI=1S/C14H23F2N3O/c1-4-7-17-12-10(15)8-11(16)13(18-12)19-14(5-2,6-3)9-20/h8,20H,4-7,9H2,1-3H3,(H2,17,18,19). The maximum Gasteiger partial charge on any atom is 0.168 e. The molecule has 114 valence electrons. The van der Waals surface area contributed by atoms with Gasteiger partial charge in [-0.2, -0.15) is 0 Å². The summed E-state index contributed by atoms with van der Waals surface area (Å²) in [6, 6.07) is 0.806. The summed E-state index contributed by atoms with van der Waals surface area (Å²) >= 11 is 0. The van der Waals surface area contributed by atoms with E-state index in [0.29, 0.717) is 19.4 Å². The van der Waals surface area contributed by atoms with Gasteiger partial charge in [0, 0.05) is 12.6 Å². The molecule has 0 bridgehead atoms. The van der Waals surface area contributed by atoms with Gasteiger partial charge in [0.2, 0.25) is 0 Å². The third kappa shape index (κ3) is 3.79. The highest BCUT2D eigenvalue weighted by Gasteiger charge is 2.27. The Morgan fingerprint density at radius 3 is 2.25 bits per heavy atom. The number of hydrogen-bond donors (Lipinski definition) is 3. The van der Waals surface area contributed by atoms with E-state index in [1.807, 2.05) is 20.8 Å². The first kappa shape index (κ1) is 16.6. The zero-order chi connectivity index (χ0) is 15.2. The van der Waals surface area contributed by atoms with Crippen molar-refractivity contribution in [2.45, 2.75) is 45.6 Å². The first-order valence-electron chi connectivity index (χ1n) is 7.00. The minimum Gasteiger partial charge on any atom is -0.394 e. The Kier molecular flexibility index (Phi) is 6.13. The van der Waals surface area contributed by atoms with Crippen LogP contribution >= 0.6 is 0 Å². The Morgan fingerprint density at radius 1 is 1.15 bits per heavy atom. The fourth-order valence-electron chi connectivity index (χ4n) is 1.86. The lowest BCUT2D eigenvalue weighted by Crippen LogP contribution is -2.41. The number of nitrogens with one attached hydrogen (secondary N) is 2. The Morgan fingerprint density at radius 2 is 1.75 bits per heavy atom. The highest BCUT2D eigenvalue weighted by Crippen LogP contribution is 2.25. The minimum absolute atomic E-state index is 0.0230. The molecule has 0 atom stereocenters. The highest BCUT2D eigenvalue weighted by molar-refractivity contribution is 5.49. The average molecular weight is 287 g/mol. The molecule has 0 unspecified atom stereocenters. The van der Waals surface area contributed by atoms with Gasteiger partial charge < -0.3 is 15.7 Å². The molecular weight excluding hydrogens is 264 g/mol. The van der Waals surface area contributed by atoms with Crippen molar-refractivity contribution in [3.05, 3.63) is 17.7 Å². The van der Waals surface area contributed by atoms with Crippen LogP contribution in [0, 0.1) is 11.6 Å². The van der Waals surface area contributed by atoms with Crippen molar-refractivity contribution >= 4 is 11.6 Å². The summed E-state index contributed by atoms with van der Waals surface area (Å²) in [4.78, 5) is 3.95. The van der Waals surface area contributed by atoms with Crippen LogP contribution in [0.15, 0.2) is 6.07 Å². The summed E-state index contributed by atoms with van der Waals surface area (Å²) in [6.07, 6.45) is 2.03. The summed E-state index contributed by atoms with van der Waals surface area (Å²) in [7, 11) is 0. The lowest BCUT2D eigenvalue weighted by Gasteiger charge is -2.31. The number of anilines is 2. The Balaban J connectivity index is 3.04. The number of aliphatic hydroxyl groups excluding tert-OH is 1. The topological polar surface area (TPSA) is 57.2 Å². The van der Waals surface area contributed by atoms with Crippen LogP contribution in [0.1, 0.15) is 40.0 Å². The van der Waals surface area contributed by atoms with Crippen molar-refractivity contribution in [1.29, 1.82) is 0 Å². The second-order valence-corrected chi connectivity index (χ2v) is 4.85. The molecule has 1 aromatic rings. The molecule has 0 aromatic carbocycles. The number of aromatic nitrogens is 1. The maximum absolute atomic E-state index is 13.8. The van der Waals surface area contributed by atoms with Crippen LogP contribution in [-0.4, -0.2) is 28.8 Å². The van der Waals surface area contributed by atoms with E-state index in [9.17, 15) is 13.9 Å². The van der Waals surface area contributed by atoms with Gasteiger partial charge in [-0.1, -0.05) is 20.8 Å². The van der Waals surface area contributed by atoms with E-state index in [2.05, 4.69) is 15.6 Å². The molecule has 20 heavy (non-hydrogen) atoms. The van der Waals surface area contributed by atoms with Gasteiger partial charge in [-0.25, -0.2) is 13.8 Å². The van der Waals surface area contributed by atoms with Crippen molar-refractivity contribution in [3.8, 4) is 0 Å². The quantitative estimate of drug-likeness (QED) is 0.687. The molecule has 0 saturated carbocycles. The van der Waals surface area contributed by atoms with Gasteiger partial charge in [0.15, 0.2) is 23.3 Å². The molecule has 3 N–H and O–H groups in total. The Labute approximate surface area is 118 Å². The van der Waals surface area contributed by atoms with Gasteiger partial charge in [-0.15, -0.1) is 0 Å². The van der Waals surface area contributed by atoms with Crippen LogP contribution in [0.4, 0.5) is 20.4 Å². The predicted molar refractivity (Wildman–Crippen MR) is 77.0 cm³/mol. The summed E-state index contributed by atoms with van der Waals surface area (Å²) in [6.45, 7) is 6.14. The fourth-order valence-corrected chi connectivity index (χ4v) is 1.86. The van der Waals surface area contributed by atoms with Gasteiger partial charge in [0.25, 0.3) is 0 Å². The summed E-state index contributed by atoms with van der Waals surface area (Å²) in [5.41, 5.74) is -0.645. The van der Waals surface area contributed by atoms with E-state index in [-0.39, 0.29) is 18.2 Å². The maximum atomic E-state index is 13.8. The van der Waals surface area contributed by atoms with Crippen LogP contribution in [0.2, 0.25) is 0 Å². The van der Waals surface area contributed by atoms with Crippen LogP contribution in [0.25, 0.3) is 0 Å². The largest absolute Gasteiger partial charge is 0.394 e. The first-order chi connectivity index (χ1) is 9.51. The molecule has 1 rings (SSSR count). The van der Waals surface area contributed by atoms with Crippen molar-refractivity contribution in [2.24, 2.45) is 0 Å². The molecule has 0 fully saturated rings. The molecule has 0 saturated heterocycles. The third-order valence-corrected chi connectivity index (χ3v) is 3.51. The summed E-state index contributed by atoms with van der Waals surface area (Å²) in [5, 5.41) is 15.2. The Hall–Kier alpha value is -1.43. The molecule has 1 heterocycles. The summed E-state index contributed by atoms with van der Waals surface area (Å²) in [5.74, 6) is -1.49. The van der Waals surface area contributed by atoms with E-state index in [0.717, 1.165) is 12.5 Å². The molecule has 1 aromatic heterocycles. The summed E-state index contributed by atoms with van der Waals surface area (Å²) < 4.78 is 27.4. The lowest BCUT2D eigenvalue weighted by atomic mass is 9.94. The SMILES string of the molecule is CCCNc1nc(NC(CC)(CC)CO)c(F)cc1F. The van der Waals surface area contributed by atoms with Gasteiger partial charge in [0.1, 0.15) is 0 Å². The van der Waals surface area contributed by atoms with Gasteiger partial charge in [0.05, 0.1) is 12.1 Å². The smallest absolute Gasteiger partial charge is 0.168 e. The lowest BCUT2D eigenvalue weighted by molar-refractivity contribution is 0.201. The van der Waals surface area contributed by atoms with Crippen LogP contribution in [0.5, 0.6) is 0 Å². The van der Waals surface area contributed by atoms with Gasteiger partial charge >= 0.3 is 0 Å². The molecule has 0 amide bonds. The van der Waals surface area contributed by atoms with Crippen LogP contribution in [0.3, 0.4) is 0 Å². The third-order valence-electron chi connectivity index (χ3n) is 3.51. The monoisotopic (exact) mass is 287 g/mol. The number of pyridine rings is 1. The van der Waals surface area contributed by atoms with Crippen molar-refractivity contribution in [3.63, 3.8) is 0 Å². The second-order valence-electron chi connectivity index (χ2n) is 4.85. The number of rotatable bonds is 8. The highest BCUT2D eigenvalue weighted by atomic mass is 19.1. The van der Waals surface area contributed by atoms with E-state index >= 15 is 0 Å². The van der Waals surface area contributed by atoms with Crippen molar-refractivity contribution < 1.29 is 13.9 Å². The zero-order valence-corrected chi connectivity index (χ0v) is 12.3. The van der Waals surface area contributed by atoms with E-state index < -0.39 is 17.2 Å². The van der Waals surface area contributed by atoms with E-state index in [4.69, 9.17) is 0 Å². The molecule has 6 heteroatoms. The van der Waals surface area contributed by atoms with Crippen LogP contribution < -0.4 is 10.6 Å². The number of halogens is 2. The van der Waals surface area contributed by atoms with Crippen LogP contribution in [-0.2, 0) is 0 Å². The zero-order valence-electron chi connectivity index (χ0n) is 12.3. The molecule has 0 aliphatic heterocycles. The van der Waals surface area contributed by atoms with Crippen molar-refractivity contribution in [2.75, 3.05) is 23.8 Å². The molecule has 0 aliphatic rings. The van der Waals surface area contributed by atoms with Gasteiger partial charge in [-0.3, -0.25) is 0 Å². The normalized spacial score (nSPS) is 11.5. The van der Waals surface area contributed by atoms with E-state index in [1.165, 1.54) is 0 Å². The van der Waals surface area contributed by atoms with Gasteiger partial charge in [-0.05, 0) is 19.3 Å². The molecule has 4 nitrogen and oxygen atoms in total. The Bertz CT molecular complexity index is 428. The first-order valence-corrected chi connectivity index (χ1v) is 7.00. The average Bonchev–Trinajstić information content (AvgIpc) is 2.46. The molecule has 0 aliphatic carbocycles. The molecule has 0 radical (unpaired) electrons. The number of aliphatic hydroxyl groups is 1. The minimum atomic E-state index is -0.760. The van der Waals surface area contributed by atoms with Crippen molar-refractivity contribution in [1.82, 2.24) is 4.98 Å². The predicted octanol–water partition coefficient (Wildman–Crippen LogP) is 3.14. The molecular formula is C14H23F2N3O. The molecule has 0 spiro atoms. The number of nitrogens with zero attached hydrogens (tertiary/aromatic N) is 1.